The van der Waals surface area contributed by atoms with Crippen molar-refractivity contribution >= 4 is 27.7 Å². The van der Waals surface area contributed by atoms with Gasteiger partial charge in [0.05, 0.1) is 12.3 Å². The van der Waals surface area contributed by atoms with Gasteiger partial charge in [0, 0.05) is 18.7 Å². The minimum atomic E-state index is -3.47. The molecular weight excluding hydrogens is 382 g/mol. The molecule has 1 saturated heterocycles. The number of amidine groups is 1. The zero-order valence-corrected chi connectivity index (χ0v) is 16.7. The lowest BCUT2D eigenvalue weighted by Gasteiger charge is -2.39. The standard InChI is InChI=1S/C18H27N5O4S/c1-2-3-10-28(26,27)22-12-16(24)23-9-8-15(23)18(25)21-11-13-4-6-14(7-5-13)17(19)20/h4-7,15,22H,2-3,8-12H2,1H3,(H3,19,20)(H,21,25). The summed E-state index contributed by atoms with van der Waals surface area (Å²) in [5.74, 6) is -0.714. The van der Waals surface area contributed by atoms with Crippen molar-refractivity contribution in [2.24, 2.45) is 5.73 Å². The molecule has 1 unspecified atom stereocenters. The first kappa shape index (κ1) is 21.8. The zero-order chi connectivity index (χ0) is 20.7. The highest BCUT2D eigenvalue weighted by molar-refractivity contribution is 7.89. The number of rotatable bonds is 10. The summed E-state index contributed by atoms with van der Waals surface area (Å²) in [6.07, 6.45) is 1.83. The number of hydrogen-bond donors (Lipinski definition) is 4. The fraction of sp³-hybridized carbons (Fsp3) is 0.500. The van der Waals surface area contributed by atoms with E-state index in [0.717, 1.165) is 12.0 Å². The van der Waals surface area contributed by atoms with Crippen LogP contribution < -0.4 is 15.8 Å². The molecule has 10 heteroatoms. The van der Waals surface area contributed by atoms with Gasteiger partial charge in [0.25, 0.3) is 0 Å². The first-order valence-electron chi connectivity index (χ1n) is 9.21. The second-order valence-electron chi connectivity index (χ2n) is 6.71. The molecule has 5 N–H and O–H groups in total. The summed E-state index contributed by atoms with van der Waals surface area (Å²) in [6, 6.07) is 6.36. The Labute approximate surface area is 165 Å². The highest BCUT2D eigenvalue weighted by Gasteiger charge is 2.37. The highest BCUT2D eigenvalue weighted by atomic mass is 32.2. The molecule has 154 valence electrons. The van der Waals surface area contributed by atoms with Crippen LogP contribution in [0.4, 0.5) is 0 Å². The number of amides is 2. The second kappa shape index (κ2) is 9.65. The Bertz CT molecular complexity index is 823. The summed E-state index contributed by atoms with van der Waals surface area (Å²) in [6.45, 7) is 2.28. The molecule has 0 radical (unpaired) electrons. The Hall–Kier alpha value is -2.46. The number of carbonyl (C=O) groups is 2. The van der Waals surface area contributed by atoms with E-state index in [1.807, 2.05) is 6.92 Å². The van der Waals surface area contributed by atoms with E-state index in [1.165, 1.54) is 4.90 Å². The van der Waals surface area contributed by atoms with Crippen LogP contribution in [0, 0.1) is 5.41 Å². The van der Waals surface area contributed by atoms with E-state index in [4.69, 9.17) is 11.1 Å². The number of nitrogen functional groups attached to an aromatic ring is 1. The predicted molar refractivity (Wildman–Crippen MR) is 106 cm³/mol. The van der Waals surface area contributed by atoms with Crippen LogP contribution in [0.1, 0.15) is 37.3 Å². The quantitative estimate of drug-likeness (QED) is 0.315. The van der Waals surface area contributed by atoms with Gasteiger partial charge in [-0.05, 0) is 18.4 Å². The van der Waals surface area contributed by atoms with Crippen LogP contribution in [0.5, 0.6) is 0 Å². The largest absolute Gasteiger partial charge is 0.384 e. The number of nitrogens with two attached hydrogens (primary N) is 1. The molecule has 0 saturated carbocycles. The maximum atomic E-state index is 12.3. The Morgan fingerprint density at radius 3 is 2.50 bits per heavy atom. The average molecular weight is 410 g/mol. The van der Waals surface area contributed by atoms with Crippen molar-refractivity contribution < 1.29 is 18.0 Å². The number of carbonyl (C=O) groups excluding carboxylic acids is 2. The van der Waals surface area contributed by atoms with Gasteiger partial charge >= 0.3 is 0 Å². The highest BCUT2D eigenvalue weighted by Crippen LogP contribution is 2.17. The third-order valence-electron chi connectivity index (χ3n) is 4.58. The molecule has 2 amide bonds. The van der Waals surface area contributed by atoms with Crippen LogP contribution in [-0.4, -0.2) is 55.9 Å². The van der Waals surface area contributed by atoms with E-state index in [1.54, 1.807) is 24.3 Å². The molecule has 1 aromatic rings. The monoisotopic (exact) mass is 409 g/mol. The van der Waals surface area contributed by atoms with Gasteiger partial charge in [0.2, 0.25) is 21.8 Å². The first-order chi connectivity index (χ1) is 13.2. The third-order valence-corrected chi connectivity index (χ3v) is 5.99. The number of sulfonamides is 1. The van der Waals surface area contributed by atoms with Crippen molar-refractivity contribution in [1.82, 2.24) is 14.9 Å². The van der Waals surface area contributed by atoms with Gasteiger partial charge in [-0.1, -0.05) is 37.6 Å². The van der Waals surface area contributed by atoms with Crippen LogP contribution in [0.25, 0.3) is 0 Å². The lowest BCUT2D eigenvalue weighted by Crippen LogP contribution is -2.60. The maximum Gasteiger partial charge on any atom is 0.243 e. The molecule has 1 heterocycles. The van der Waals surface area contributed by atoms with Gasteiger partial charge in [-0.25, -0.2) is 13.1 Å². The number of likely N-dealkylation sites (tertiary alicyclic amines) is 1. The molecule has 0 aliphatic carbocycles. The van der Waals surface area contributed by atoms with Crippen LogP contribution in [-0.2, 0) is 26.2 Å². The van der Waals surface area contributed by atoms with Gasteiger partial charge < -0.3 is 16.0 Å². The van der Waals surface area contributed by atoms with Crippen molar-refractivity contribution in [2.45, 2.75) is 38.8 Å². The summed E-state index contributed by atoms with van der Waals surface area (Å²) in [4.78, 5) is 25.9. The third kappa shape index (κ3) is 6.03. The number of nitrogens with zero attached hydrogens (tertiary/aromatic N) is 1. The van der Waals surface area contributed by atoms with Crippen molar-refractivity contribution in [3.05, 3.63) is 35.4 Å². The van der Waals surface area contributed by atoms with E-state index < -0.39 is 22.0 Å². The van der Waals surface area contributed by atoms with E-state index in [2.05, 4.69) is 10.0 Å². The van der Waals surface area contributed by atoms with Crippen LogP contribution >= 0.6 is 0 Å². The predicted octanol–water partition coefficient (Wildman–Crippen LogP) is -0.0927. The Morgan fingerprint density at radius 1 is 1.29 bits per heavy atom. The van der Waals surface area contributed by atoms with Crippen LogP contribution in [0.2, 0.25) is 0 Å². The number of nitrogens with one attached hydrogen (secondary N) is 3. The lowest BCUT2D eigenvalue weighted by atomic mass is 10.0. The molecule has 2 rings (SSSR count). The zero-order valence-electron chi connectivity index (χ0n) is 15.9. The van der Waals surface area contributed by atoms with Gasteiger partial charge in [0.15, 0.2) is 0 Å². The fourth-order valence-corrected chi connectivity index (χ4v) is 3.90. The molecule has 1 atom stereocenters. The van der Waals surface area contributed by atoms with Crippen molar-refractivity contribution in [1.29, 1.82) is 5.41 Å². The van der Waals surface area contributed by atoms with Crippen molar-refractivity contribution in [3.8, 4) is 0 Å². The van der Waals surface area contributed by atoms with Gasteiger partial charge in [0.1, 0.15) is 11.9 Å². The Balaban J connectivity index is 1.81. The summed E-state index contributed by atoms with van der Waals surface area (Å²) >= 11 is 0. The van der Waals surface area contributed by atoms with Gasteiger partial charge in [-0.2, -0.15) is 0 Å². The van der Waals surface area contributed by atoms with Crippen LogP contribution in [0.3, 0.4) is 0 Å². The molecule has 0 aromatic heterocycles. The molecule has 1 aliphatic heterocycles. The fourth-order valence-electron chi connectivity index (χ4n) is 2.75. The molecule has 0 spiro atoms. The van der Waals surface area contributed by atoms with E-state index in [0.29, 0.717) is 31.5 Å². The molecule has 1 aliphatic rings. The normalized spacial score (nSPS) is 16.3. The molecule has 1 fully saturated rings. The molecule has 1 aromatic carbocycles. The van der Waals surface area contributed by atoms with E-state index in [9.17, 15) is 18.0 Å². The summed E-state index contributed by atoms with van der Waals surface area (Å²) in [5.41, 5.74) is 6.85. The van der Waals surface area contributed by atoms with Crippen molar-refractivity contribution in [2.75, 3.05) is 18.8 Å². The van der Waals surface area contributed by atoms with E-state index >= 15 is 0 Å². The minimum absolute atomic E-state index is 0.0108. The Kier molecular flexibility index (Phi) is 7.53. The van der Waals surface area contributed by atoms with Gasteiger partial charge in [-0.3, -0.25) is 15.0 Å². The smallest absolute Gasteiger partial charge is 0.243 e. The molecule has 0 bridgehead atoms. The van der Waals surface area contributed by atoms with Crippen LogP contribution in [0.15, 0.2) is 24.3 Å². The van der Waals surface area contributed by atoms with Gasteiger partial charge in [-0.15, -0.1) is 0 Å². The summed E-state index contributed by atoms with van der Waals surface area (Å²) in [7, 11) is -3.47. The number of unbranched alkanes of at least 4 members (excludes halogenated alkanes) is 1. The van der Waals surface area contributed by atoms with E-state index in [-0.39, 0.29) is 24.0 Å². The second-order valence-corrected chi connectivity index (χ2v) is 8.64. The Morgan fingerprint density at radius 2 is 1.96 bits per heavy atom. The number of benzene rings is 1. The molecule has 28 heavy (non-hydrogen) atoms. The van der Waals surface area contributed by atoms with Crippen molar-refractivity contribution in [3.63, 3.8) is 0 Å². The SMILES string of the molecule is CCCCS(=O)(=O)NCC(=O)N1CCC1C(=O)NCc1ccc(C(=N)N)cc1. The minimum Gasteiger partial charge on any atom is -0.384 e. The lowest BCUT2D eigenvalue weighted by molar-refractivity contribution is -0.146. The molecule has 9 nitrogen and oxygen atoms in total. The first-order valence-corrected chi connectivity index (χ1v) is 10.9. The molecular formula is C18H27N5O4S. The summed E-state index contributed by atoms with van der Waals surface area (Å²) in [5, 5.41) is 10.1. The number of hydrogen-bond acceptors (Lipinski definition) is 5. The maximum absolute atomic E-state index is 12.3. The summed E-state index contributed by atoms with van der Waals surface area (Å²) < 4.78 is 25.9. The topological polar surface area (TPSA) is 145 Å². The average Bonchev–Trinajstić information content (AvgIpc) is 2.62.